The van der Waals surface area contributed by atoms with E-state index in [1.807, 2.05) is 13.0 Å². The van der Waals surface area contributed by atoms with Crippen molar-refractivity contribution >= 4 is 0 Å². The van der Waals surface area contributed by atoms with Crippen LogP contribution >= 0.6 is 0 Å². The van der Waals surface area contributed by atoms with Crippen LogP contribution in [0, 0.1) is 29.6 Å². The largest absolute Gasteiger partial charge is 0.206 e. The second-order valence-corrected chi connectivity index (χ2v) is 10.4. The molecular formula is C31H47F3. The maximum absolute atomic E-state index is 14.8. The lowest BCUT2D eigenvalue weighted by Crippen LogP contribution is -2.11. The van der Waals surface area contributed by atoms with E-state index in [-0.39, 0.29) is 11.8 Å². The minimum Gasteiger partial charge on any atom is -0.206 e. The first kappa shape index (κ1) is 32.0. The molecule has 0 rings (SSSR count). The Kier molecular flexibility index (Phi) is 14.8. The van der Waals surface area contributed by atoms with Crippen molar-refractivity contribution in [2.75, 3.05) is 0 Å². The van der Waals surface area contributed by atoms with Gasteiger partial charge in [0.15, 0.2) is 11.7 Å². The summed E-state index contributed by atoms with van der Waals surface area (Å²) in [5.41, 5.74) is 2.21. The molecule has 192 valence electrons. The first-order chi connectivity index (χ1) is 15.7. The molecular weight excluding hydrogens is 429 g/mol. The van der Waals surface area contributed by atoms with E-state index < -0.39 is 17.5 Å². The Hall–Kier alpha value is -2.03. The molecule has 0 amide bonds. The molecule has 0 bridgehead atoms. The molecule has 0 aliphatic carbocycles. The van der Waals surface area contributed by atoms with E-state index in [4.69, 9.17) is 0 Å². The van der Waals surface area contributed by atoms with E-state index in [0.29, 0.717) is 35.0 Å². The fourth-order valence-electron chi connectivity index (χ4n) is 3.46. The summed E-state index contributed by atoms with van der Waals surface area (Å²) in [6.07, 6.45) is 9.46. The molecule has 4 atom stereocenters. The highest BCUT2D eigenvalue weighted by Crippen LogP contribution is 2.29. The van der Waals surface area contributed by atoms with Crippen molar-refractivity contribution in [2.24, 2.45) is 29.6 Å². The molecule has 0 aromatic carbocycles. The standard InChI is InChI=1S/C31H47F3/c1-20(2)12-13-21(3)22(4)14-15-23(5)26(8)18-30(33)28(10)25(7)17-16-24(6)27(9)19-31(34)29(11)32/h17-24H,8-16H2,1-7H3/b25-17+,30-18+,31-19+. The molecule has 34 heavy (non-hydrogen) atoms. The molecule has 0 aliphatic rings. The van der Waals surface area contributed by atoms with Gasteiger partial charge in [-0.25, -0.2) is 13.2 Å². The van der Waals surface area contributed by atoms with Gasteiger partial charge >= 0.3 is 0 Å². The summed E-state index contributed by atoms with van der Waals surface area (Å²) in [6.45, 7) is 29.6. The molecule has 4 unspecified atom stereocenters. The quantitative estimate of drug-likeness (QED) is 0.194. The Balaban J connectivity index is 4.88. The summed E-state index contributed by atoms with van der Waals surface area (Å²) in [4.78, 5) is 0. The highest BCUT2D eigenvalue weighted by molar-refractivity contribution is 5.43. The second-order valence-electron chi connectivity index (χ2n) is 10.4. The molecule has 0 saturated heterocycles. The Morgan fingerprint density at radius 3 is 1.65 bits per heavy atom. The average Bonchev–Trinajstić information content (AvgIpc) is 2.77. The molecule has 0 spiro atoms. The highest BCUT2D eigenvalue weighted by Gasteiger charge is 2.16. The van der Waals surface area contributed by atoms with Crippen molar-refractivity contribution in [3.63, 3.8) is 0 Å². The number of hydrogen-bond donors (Lipinski definition) is 0. The van der Waals surface area contributed by atoms with Crippen LogP contribution in [0.3, 0.4) is 0 Å². The fourth-order valence-corrected chi connectivity index (χ4v) is 3.46. The Morgan fingerprint density at radius 2 is 1.15 bits per heavy atom. The van der Waals surface area contributed by atoms with Crippen molar-refractivity contribution in [1.29, 1.82) is 0 Å². The van der Waals surface area contributed by atoms with Gasteiger partial charge in [0.25, 0.3) is 0 Å². The first-order valence-electron chi connectivity index (χ1n) is 12.5. The number of hydrogen-bond acceptors (Lipinski definition) is 0. The summed E-state index contributed by atoms with van der Waals surface area (Å²) < 4.78 is 41.0. The lowest BCUT2D eigenvalue weighted by atomic mass is 9.83. The number of rotatable bonds is 16. The van der Waals surface area contributed by atoms with Crippen molar-refractivity contribution < 1.29 is 13.2 Å². The number of allylic oxidation sites excluding steroid dienone is 10. The van der Waals surface area contributed by atoms with E-state index in [2.05, 4.69) is 60.9 Å². The van der Waals surface area contributed by atoms with E-state index >= 15 is 0 Å². The lowest BCUT2D eigenvalue weighted by Gasteiger charge is -2.22. The third kappa shape index (κ3) is 12.4. The fraction of sp³-hybridized carbons (Fsp3) is 0.548. The van der Waals surface area contributed by atoms with Crippen molar-refractivity contribution in [3.05, 3.63) is 84.3 Å². The summed E-state index contributed by atoms with van der Waals surface area (Å²) >= 11 is 0. The van der Waals surface area contributed by atoms with Crippen molar-refractivity contribution in [1.82, 2.24) is 0 Å². The zero-order valence-electron chi connectivity index (χ0n) is 22.6. The van der Waals surface area contributed by atoms with Crippen LogP contribution in [0.25, 0.3) is 0 Å². The van der Waals surface area contributed by atoms with E-state index in [0.717, 1.165) is 30.4 Å². The van der Waals surface area contributed by atoms with Crippen LogP contribution in [0.2, 0.25) is 0 Å². The van der Waals surface area contributed by atoms with Crippen LogP contribution in [0.1, 0.15) is 80.6 Å². The first-order valence-corrected chi connectivity index (χ1v) is 12.5. The SMILES string of the molecule is C=C(F)/C(F)=C\C(=C)C(C)C/C=C(\C)C(=C)/C(F)=C\C(=C)C(C)CCC(C)C(C)CCC(C)C. The monoisotopic (exact) mass is 476 g/mol. The average molecular weight is 477 g/mol. The summed E-state index contributed by atoms with van der Waals surface area (Å²) in [6, 6.07) is 0. The topological polar surface area (TPSA) is 0 Å². The van der Waals surface area contributed by atoms with Gasteiger partial charge in [-0.1, -0.05) is 86.8 Å². The van der Waals surface area contributed by atoms with E-state index in [9.17, 15) is 13.2 Å². The minimum absolute atomic E-state index is 0.139. The molecule has 0 radical (unpaired) electrons. The van der Waals surface area contributed by atoms with Crippen molar-refractivity contribution in [2.45, 2.75) is 80.6 Å². The molecule has 0 aromatic rings. The van der Waals surface area contributed by atoms with Gasteiger partial charge in [0.2, 0.25) is 0 Å². The maximum atomic E-state index is 14.8. The maximum Gasteiger partial charge on any atom is 0.158 e. The van der Waals surface area contributed by atoms with Crippen LogP contribution in [-0.4, -0.2) is 0 Å². The van der Waals surface area contributed by atoms with Gasteiger partial charge in [-0.2, -0.15) is 0 Å². The van der Waals surface area contributed by atoms with Crippen molar-refractivity contribution in [3.8, 4) is 0 Å². The highest BCUT2D eigenvalue weighted by atomic mass is 19.2. The zero-order chi connectivity index (χ0) is 26.6. The van der Waals surface area contributed by atoms with Gasteiger partial charge in [-0.15, -0.1) is 0 Å². The molecule has 0 aliphatic heterocycles. The predicted octanol–water partition coefficient (Wildman–Crippen LogP) is 10.9. The summed E-state index contributed by atoms with van der Waals surface area (Å²) in [5, 5.41) is 0. The van der Waals surface area contributed by atoms with Crippen LogP contribution in [-0.2, 0) is 0 Å². The molecule has 0 heterocycles. The Bertz CT molecular complexity index is 807. The van der Waals surface area contributed by atoms with Crippen LogP contribution in [0.15, 0.2) is 84.3 Å². The molecule has 0 fully saturated rings. The van der Waals surface area contributed by atoms with Crippen LogP contribution in [0.4, 0.5) is 13.2 Å². The molecule has 0 nitrogen and oxygen atoms in total. The third-order valence-electron chi connectivity index (χ3n) is 6.92. The zero-order valence-corrected chi connectivity index (χ0v) is 22.6. The molecule has 3 heteroatoms. The lowest BCUT2D eigenvalue weighted by molar-refractivity contribution is 0.306. The smallest absolute Gasteiger partial charge is 0.158 e. The third-order valence-corrected chi connectivity index (χ3v) is 6.92. The summed E-state index contributed by atoms with van der Waals surface area (Å²) in [7, 11) is 0. The predicted molar refractivity (Wildman–Crippen MR) is 144 cm³/mol. The Labute approximate surface area is 207 Å². The van der Waals surface area contributed by atoms with E-state index in [1.54, 1.807) is 6.92 Å². The summed E-state index contributed by atoms with van der Waals surface area (Å²) in [5.74, 6) is -0.438. The van der Waals surface area contributed by atoms with Gasteiger partial charge in [-0.3, -0.25) is 0 Å². The van der Waals surface area contributed by atoms with Gasteiger partial charge in [0.05, 0.1) is 0 Å². The minimum atomic E-state index is -1.12. The number of halogens is 3. The van der Waals surface area contributed by atoms with Gasteiger partial charge in [0, 0.05) is 5.57 Å². The second kappa shape index (κ2) is 15.8. The van der Waals surface area contributed by atoms with Gasteiger partial charge < -0.3 is 0 Å². The molecule has 0 N–H and O–H groups in total. The van der Waals surface area contributed by atoms with Crippen LogP contribution in [0.5, 0.6) is 0 Å². The molecule has 0 aromatic heterocycles. The van der Waals surface area contributed by atoms with Gasteiger partial charge in [-0.05, 0) is 84.6 Å². The molecule has 0 saturated carbocycles. The van der Waals surface area contributed by atoms with E-state index in [1.165, 1.54) is 18.9 Å². The Morgan fingerprint density at radius 1 is 0.676 bits per heavy atom. The van der Waals surface area contributed by atoms with Crippen LogP contribution < -0.4 is 0 Å². The van der Waals surface area contributed by atoms with Gasteiger partial charge in [0.1, 0.15) is 5.83 Å². The normalized spacial score (nSPS) is 16.7.